The molecule has 0 spiro atoms. The van der Waals surface area contributed by atoms with E-state index in [1.165, 1.54) is 24.1 Å². The number of rotatable bonds is 4. The molecule has 0 N–H and O–H groups in total. The number of fused-ring (bicyclic) bond motifs is 2. The predicted molar refractivity (Wildman–Crippen MR) is 127 cm³/mol. The molecular formula is C27H38N2O3. The minimum Gasteiger partial charge on any atom is -0.497 e. The van der Waals surface area contributed by atoms with Crippen LogP contribution in [0.1, 0.15) is 46.0 Å². The maximum Gasteiger partial charge on any atom is 0.310 e. The summed E-state index contributed by atoms with van der Waals surface area (Å²) in [6, 6.07) is 8.73. The van der Waals surface area contributed by atoms with E-state index in [2.05, 4.69) is 42.4 Å². The molecule has 4 aliphatic rings. The van der Waals surface area contributed by atoms with Crippen LogP contribution in [0.3, 0.4) is 0 Å². The van der Waals surface area contributed by atoms with E-state index in [0.717, 1.165) is 51.2 Å². The highest BCUT2D eigenvalue weighted by Crippen LogP contribution is 2.57. The van der Waals surface area contributed by atoms with E-state index in [1.54, 1.807) is 7.11 Å². The van der Waals surface area contributed by atoms with Crippen molar-refractivity contribution in [1.82, 2.24) is 4.90 Å². The van der Waals surface area contributed by atoms with Crippen molar-refractivity contribution in [2.45, 2.75) is 58.1 Å². The van der Waals surface area contributed by atoms with E-state index in [-0.39, 0.29) is 23.4 Å². The third-order valence-electron chi connectivity index (χ3n) is 8.89. The first-order valence-electron chi connectivity index (χ1n) is 12.4. The first-order valence-corrected chi connectivity index (χ1v) is 12.4. The largest absolute Gasteiger partial charge is 0.497 e. The van der Waals surface area contributed by atoms with E-state index in [1.807, 2.05) is 12.1 Å². The van der Waals surface area contributed by atoms with Gasteiger partial charge in [-0.3, -0.25) is 9.69 Å². The maximum absolute atomic E-state index is 12.9. The SMILES string of the molecule is C=C1CCC[C@]2(C)C[C@H]3OC(=O)[C@H](CN4CCN(c5ccc(OC)cc5)[C@@H](C)C4)[C@@H]3C[C@@H]12. The molecule has 174 valence electrons. The van der Waals surface area contributed by atoms with Crippen molar-refractivity contribution in [1.29, 1.82) is 0 Å². The van der Waals surface area contributed by atoms with Gasteiger partial charge in [0.1, 0.15) is 11.9 Å². The lowest BCUT2D eigenvalue weighted by molar-refractivity contribution is -0.146. The number of methoxy groups -OCH3 is 1. The molecule has 2 saturated carbocycles. The van der Waals surface area contributed by atoms with Gasteiger partial charge in [-0.15, -0.1) is 0 Å². The molecule has 4 fully saturated rings. The van der Waals surface area contributed by atoms with Gasteiger partial charge in [0.25, 0.3) is 0 Å². The van der Waals surface area contributed by atoms with Crippen LogP contribution in [0, 0.1) is 23.2 Å². The number of carbonyl (C=O) groups excluding carboxylic acids is 1. The highest BCUT2D eigenvalue weighted by atomic mass is 16.6. The molecule has 0 bridgehead atoms. The highest BCUT2D eigenvalue weighted by Gasteiger charge is 2.55. The minimum absolute atomic E-state index is 0.0130. The summed E-state index contributed by atoms with van der Waals surface area (Å²) < 4.78 is 11.3. The monoisotopic (exact) mass is 438 g/mol. The van der Waals surface area contributed by atoms with Gasteiger partial charge in [0.15, 0.2) is 0 Å². The van der Waals surface area contributed by atoms with Crippen molar-refractivity contribution in [3.05, 3.63) is 36.4 Å². The van der Waals surface area contributed by atoms with Crippen LogP contribution in [0.25, 0.3) is 0 Å². The molecule has 5 rings (SSSR count). The fourth-order valence-corrected chi connectivity index (χ4v) is 7.10. The molecule has 0 unspecified atom stereocenters. The number of benzene rings is 1. The van der Waals surface area contributed by atoms with Crippen molar-refractivity contribution < 1.29 is 14.3 Å². The molecule has 0 amide bonds. The quantitative estimate of drug-likeness (QED) is 0.511. The first kappa shape index (κ1) is 21.8. The zero-order chi connectivity index (χ0) is 22.5. The summed E-state index contributed by atoms with van der Waals surface area (Å²) in [5.41, 5.74) is 2.92. The number of ether oxygens (including phenoxy) is 2. The van der Waals surface area contributed by atoms with Crippen molar-refractivity contribution in [3.63, 3.8) is 0 Å². The van der Waals surface area contributed by atoms with Gasteiger partial charge in [0.2, 0.25) is 0 Å². The molecule has 6 atom stereocenters. The van der Waals surface area contributed by atoms with Crippen LogP contribution in [0.5, 0.6) is 5.75 Å². The lowest BCUT2D eigenvalue weighted by Gasteiger charge is -2.50. The zero-order valence-electron chi connectivity index (χ0n) is 19.9. The van der Waals surface area contributed by atoms with Gasteiger partial charge in [-0.2, -0.15) is 0 Å². The number of nitrogens with zero attached hydrogens (tertiary/aromatic N) is 2. The molecular weight excluding hydrogens is 400 g/mol. The van der Waals surface area contributed by atoms with Gasteiger partial charge >= 0.3 is 5.97 Å². The number of hydrogen-bond donors (Lipinski definition) is 0. The number of allylic oxidation sites excluding steroid dienone is 1. The molecule has 32 heavy (non-hydrogen) atoms. The second-order valence-electron chi connectivity index (χ2n) is 10.9. The van der Waals surface area contributed by atoms with E-state index in [9.17, 15) is 4.79 Å². The number of piperazine rings is 1. The Bertz CT molecular complexity index is 868. The van der Waals surface area contributed by atoms with Crippen LogP contribution in [0.4, 0.5) is 5.69 Å². The molecule has 0 radical (unpaired) electrons. The molecule has 1 aromatic rings. The predicted octanol–water partition coefficient (Wildman–Crippen LogP) is 4.52. The second kappa shape index (κ2) is 8.40. The second-order valence-corrected chi connectivity index (χ2v) is 10.9. The molecule has 5 heteroatoms. The summed E-state index contributed by atoms with van der Waals surface area (Å²) in [5.74, 6) is 1.85. The molecule has 2 saturated heterocycles. The Hall–Kier alpha value is -2.01. The Morgan fingerprint density at radius 1 is 1.25 bits per heavy atom. The summed E-state index contributed by atoms with van der Waals surface area (Å²) in [6.07, 6.45) is 5.84. The zero-order valence-corrected chi connectivity index (χ0v) is 19.9. The Morgan fingerprint density at radius 3 is 2.75 bits per heavy atom. The normalized spacial score (nSPS) is 37.6. The van der Waals surface area contributed by atoms with E-state index >= 15 is 0 Å². The van der Waals surface area contributed by atoms with Gasteiger partial charge < -0.3 is 14.4 Å². The van der Waals surface area contributed by atoms with Crippen LogP contribution >= 0.6 is 0 Å². The van der Waals surface area contributed by atoms with Crippen LogP contribution in [-0.2, 0) is 9.53 Å². The van der Waals surface area contributed by atoms with Crippen LogP contribution in [-0.4, -0.2) is 56.3 Å². The van der Waals surface area contributed by atoms with Crippen molar-refractivity contribution in [3.8, 4) is 5.75 Å². The van der Waals surface area contributed by atoms with Crippen LogP contribution in [0.15, 0.2) is 36.4 Å². The summed E-state index contributed by atoms with van der Waals surface area (Å²) in [7, 11) is 1.70. The summed E-state index contributed by atoms with van der Waals surface area (Å²) in [6.45, 7) is 12.9. The molecule has 2 heterocycles. The molecule has 1 aromatic carbocycles. The van der Waals surface area contributed by atoms with Gasteiger partial charge in [-0.1, -0.05) is 19.1 Å². The Morgan fingerprint density at radius 2 is 2.03 bits per heavy atom. The van der Waals surface area contributed by atoms with Gasteiger partial charge in [-0.25, -0.2) is 0 Å². The summed E-state index contributed by atoms with van der Waals surface area (Å²) in [4.78, 5) is 17.9. The van der Waals surface area contributed by atoms with E-state index in [4.69, 9.17) is 9.47 Å². The Kier molecular flexibility index (Phi) is 5.73. The van der Waals surface area contributed by atoms with E-state index in [0.29, 0.717) is 17.9 Å². The average molecular weight is 439 g/mol. The maximum atomic E-state index is 12.9. The van der Waals surface area contributed by atoms with Gasteiger partial charge in [0.05, 0.1) is 13.0 Å². The lowest BCUT2D eigenvalue weighted by Crippen LogP contribution is -2.54. The van der Waals surface area contributed by atoms with Crippen LogP contribution in [0.2, 0.25) is 0 Å². The van der Waals surface area contributed by atoms with Crippen molar-refractivity contribution in [2.24, 2.45) is 23.2 Å². The van der Waals surface area contributed by atoms with Crippen molar-refractivity contribution >= 4 is 11.7 Å². The third kappa shape index (κ3) is 3.83. The number of esters is 1. The number of anilines is 1. The third-order valence-corrected chi connectivity index (χ3v) is 8.89. The fourth-order valence-electron chi connectivity index (χ4n) is 7.10. The molecule has 2 aliphatic heterocycles. The number of hydrogen-bond acceptors (Lipinski definition) is 5. The fraction of sp³-hybridized carbons (Fsp3) is 0.667. The smallest absolute Gasteiger partial charge is 0.310 e. The number of carbonyl (C=O) groups is 1. The standard InChI is InChI=1S/C27H38N2O3/c1-18-6-5-11-27(3)15-25-22(14-24(18)27)23(26(30)32-25)17-28-12-13-29(19(2)16-28)20-7-9-21(31-4)10-8-20/h7-10,19,22-25H,1,5-6,11-17H2,2-4H3/t19-,22-,23+,24-,25+,27+/m0/s1. The highest BCUT2D eigenvalue weighted by molar-refractivity contribution is 5.75. The Balaban J connectivity index is 1.24. The summed E-state index contributed by atoms with van der Waals surface area (Å²) >= 11 is 0. The lowest BCUT2D eigenvalue weighted by atomic mass is 9.55. The molecule has 0 aromatic heterocycles. The topological polar surface area (TPSA) is 42.0 Å². The minimum atomic E-state index is 0.0130. The van der Waals surface area contributed by atoms with Gasteiger partial charge in [-0.05, 0) is 74.6 Å². The summed E-state index contributed by atoms with van der Waals surface area (Å²) in [5, 5.41) is 0. The average Bonchev–Trinajstić information content (AvgIpc) is 3.06. The molecule has 2 aliphatic carbocycles. The first-order chi connectivity index (χ1) is 15.4. The van der Waals surface area contributed by atoms with E-state index < -0.39 is 0 Å². The molecule has 5 nitrogen and oxygen atoms in total. The van der Waals surface area contributed by atoms with Crippen LogP contribution < -0.4 is 9.64 Å². The van der Waals surface area contributed by atoms with Crippen molar-refractivity contribution in [2.75, 3.05) is 38.2 Å². The Labute approximate surface area is 192 Å². The van der Waals surface area contributed by atoms with Gasteiger partial charge in [0, 0.05) is 43.8 Å².